The van der Waals surface area contributed by atoms with Gasteiger partial charge in [-0.1, -0.05) is 157 Å². The van der Waals surface area contributed by atoms with Crippen LogP contribution in [0.4, 0.5) is 0 Å². The van der Waals surface area contributed by atoms with Gasteiger partial charge in [0, 0.05) is 0 Å². The van der Waals surface area contributed by atoms with Crippen LogP contribution < -0.4 is 0 Å². The van der Waals surface area contributed by atoms with Crippen LogP contribution in [0, 0.1) is 0 Å². The summed E-state index contributed by atoms with van der Waals surface area (Å²) >= 11 is 7.21. The SMILES string of the molecule is CCCCCCCC.CCCCCCCC.CCCCCCCC.OP(O)(O)=S.OP(O)(O)=S. The second kappa shape index (κ2) is 38.6. The third-order valence-corrected chi connectivity index (χ3v) is 4.37. The third-order valence-electron chi connectivity index (χ3n) is 4.37. The Labute approximate surface area is 223 Å². The molecule has 0 aliphatic rings. The maximum atomic E-state index is 7.56. The number of rotatable bonds is 15. The molecule has 6 nitrogen and oxygen atoms in total. The van der Waals surface area contributed by atoms with Crippen molar-refractivity contribution in [1.82, 2.24) is 0 Å². The molecule has 6 N–H and O–H groups in total. The van der Waals surface area contributed by atoms with Crippen molar-refractivity contribution in [1.29, 1.82) is 0 Å². The number of unbranched alkanes of at least 4 members (excludes halogenated alkanes) is 15. The first kappa shape index (κ1) is 45.0. The molecule has 0 bridgehead atoms. The molecule has 0 aromatic rings. The molecule has 0 aromatic heterocycles. The zero-order chi connectivity index (χ0) is 27.7. The van der Waals surface area contributed by atoms with E-state index < -0.39 is 13.4 Å². The Hall–Kier alpha value is 1.06. The van der Waals surface area contributed by atoms with Crippen molar-refractivity contribution in [2.24, 2.45) is 0 Å². The Morgan fingerprint density at radius 3 is 0.471 bits per heavy atom. The van der Waals surface area contributed by atoms with E-state index in [0.29, 0.717) is 0 Å². The van der Waals surface area contributed by atoms with E-state index in [0.717, 1.165) is 0 Å². The van der Waals surface area contributed by atoms with Gasteiger partial charge < -0.3 is 29.4 Å². The molecule has 0 aliphatic carbocycles. The standard InChI is InChI=1S/3C8H18.2H3O3PS/c3*1-3-5-7-8-6-4-2;2*1-4(2,3)5/h3*3-8H2,1-2H3;2*(H3,1,2,3,5). The fourth-order valence-corrected chi connectivity index (χ4v) is 2.56. The average molecular weight is 571 g/mol. The van der Waals surface area contributed by atoms with Crippen LogP contribution >= 0.6 is 13.4 Å². The van der Waals surface area contributed by atoms with Crippen LogP contribution in [-0.2, 0) is 23.6 Å². The minimum absolute atomic E-state index is 1.36. The lowest BCUT2D eigenvalue weighted by Gasteiger charge is -1.93. The molecule has 0 radical (unpaired) electrons. The van der Waals surface area contributed by atoms with Crippen LogP contribution in [0.25, 0.3) is 0 Å². The summed E-state index contributed by atoms with van der Waals surface area (Å²) in [6.45, 7) is 5.92. The van der Waals surface area contributed by atoms with E-state index in [4.69, 9.17) is 29.4 Å². The van der Waals surface area contributed by atoms with Crippen molar-refractivity contribution >= 4 is 37.1 Å². The highest BCUT2D eigenvalue weighted by Crippen LogP contribution is 2.27. The van der Waals surface area contributed by atoms with Crippen LogP contribution in [0.1, 0.15) is 157 Å². The molecular weight excluding hydrogens is 510 g/mol. The third kappa shape index (κ3) is 132. The molecule has 0 fully saturated rings. The van der Waals surface area contributed by atoms with Gasteiger partial charge in [0.05, 0.1) is 0 Å². The Balaban J connectivity index is -0.000000105. The molecule has 0 aliphatic heterocycles. The van der Waals surface area contributed by atoms with Crippen molar-refractivity contribution in [3.8, 4) is 0 Å². The van der Waals surface area contributed by atoms with Crippen LogP contribution in [0.5, 0.6) is 0 Å². The van der Waals surface area contributed by atoms with Gasteiger partial charge in [-0.15, -0.1) is 0 Å². The minimum atomic E-state index is -3.81. The van der Waals surface area contributed by atoms with Crippen LogP contribution in [-0.4, -0.2) is 29.4 Å². The van der Waals surface area contributed by atoms with Gasteiger partial charge in [-0.05, 0) is 23.6 Å². The van der Waals surface area contributed by atoms with Gasteiger partial charge in [0.25, 0.3) is 0 Å². The van der Waals surface area contributed by atoms with Gasteiger partial charge >= 0.3 is 13.4 Å². The summed E-state index contributed by atoms with van der Waals surface area (Å²) in [4.78, 5) is 45.3. The first-order valence-corrected chi connectivity index (χ1v) is 18.6. The highest BCUT2D eigenvalue weighted by atomic mass is 32.5. The summed E-state index contributed by atoms with van der Waals surface area (Å²) in [6.07, 6.45) is 25.5. The molecule has 0 atom stereocenters. The van der Waals surface area contributed by atoms with Gasteiger partial charge in [0.2, 0.25) is 0 Å². The molecule has 0 heterocycles. The summed E-state index contributed by atoms with van der Waals surface area (Å²) in [5.74, 6) is 0. The lowest BCUT2D eigenvalue weighted by molar-refractivity contribution is 0.361. The smallest absolute Gasteiger partial charge is 0.319 e. The fourth-order valence-electron chi connectivity index (χ4n) is 2.56. The molecule has 0 amide bonds. The molecule has 0 saturated carbocycles. The second-order valence-electron chi connectivity index (χ2n) is 8.27. The molecule has 0 unspecified atom stereocenters. The molecule has 0 aromatic carbocycles. The molecule has 0 rings (SSSR count). The zero-order valence-electron chi connectivity index (χ0n) is 23.1. The van der Waals surface area contributed by atoms with E-state index >= 15 is 0 Å². The molecule has 34 heavy (non-hydrogen) atoms. The monoisotopic (exact) mass is 570 g/mol. The number of hydrogen-bond acceptors (Lipinski definition) is 2. The maximum absolute atomic E-state index is 7.56. The Bertz CT molecular complexity index is 335. The maximum Gasteiger partial charge on any atom is 0.319 e. The topological polar surface area (TPSA) is 121 Å². The van der Waals surface area contributed by atoms with Crippen molar-refractivity contribution in [2.45, 2.75) is 157 Å². The predicted octanol–water partition coefficient (Wildman–Crippen LogP) is 8.48. The average Bonchev–Trinajstić information content (AvgIpc) is 2.71. The highest BCUT2D eigenvalue weighted by molar-refractivity contribution is 8.06. The normalized spacial score (nSPS) is 10.4. The van der Waals surface area contributed by atoms with Crippen LogP contribution in [0.3, 0.4) is 0 Å². The Morgan fingerprint density at radius 2 is 0.412 bits per heavy atom. The van der Waals surface area contributed by atoms with Gasteiger partial charge in [-0.2, -0.15) is 0 Å². The fraction of sp³-hybridized carbons (Fsp3) is 1.00. The summed E-state index contributed by atoms with van der Waals surface area (Å²) in [6, 6.07) is 0. The largest absolute Gasteiger partial charge is 0.325 e. The van der Waals surface area contributed by atoms with E-state index in [2.05, 4.69) is 65.2 Å². The first-order valence-electron chi connectivity index (χ1n) is 13.3. The van der Waals surface area contributed by atoms with E-state index in [-0.39, 0.29) is 0 Å². The van der Waals surface area contributed by atoms with Gasteiger partial charge in [0.1, 0.15) is 0 Å². The molecule has 10 heteroatoms. The zero-order valence-corrected chi connectivity index (χ0v) is 26.5. The van der Waals surface area contributed by atoms with Crippen LogP contribution in [0.2, 0.25) is 0 Å². The van der Waals surface area contributed by atoms with Crippen molar-refractivity contribution in [3.63, 3.8) is 0 Å². The molecule has 0 spiro atoms. The van der Waals surface area contributed by atoms with Crippen molar-refractivity contribution in [3.05, 3.63) is 0 Å². The summed E-state index contributed by atoms with van der Waals surface area (Å²) in [7, 11) is 0. The lowest BCUT2D eigenvalue weighted by Crippen LogP contribution is -1.73. The van der Waals surface area contributed by atoms with Crippen molar-refractivity contribution < 1.29 is 29.4 Å². The second-order valence-corrected chi connectivity index (χ2v) is 13.3. The summed E-state index contributed by atoms with van der Waals surface area (Å²) in [5, 5.41) is 0. The summed E-state index contributed by atoms with van der Waals surface area (Å²) in [5.41, 5.74) is 0. The van der Waals surface area contributed by atoms with E-state index in [9.17, 15) is 0 Å². The molecule has 214 valence electrons. The first-order chi connectivity index (χ1) is 15.7. The van der Waals surface area contributed by atoms with Gasteiger partial charge in [-0.3, -0.25) is 0 Å². The minimum Gasteiger partial charge on any atom is -0.325 e. The predicted molar refractivity (Wildman–Crippen MR) is 159 cm³/mol. The van der Waals surface area contributed by atoms with Crippen molar-refractivity contribution in [2.75, 3.05) is 0 Å². The van der Waals surface area contributed by atoms with E-state index in [1.54, 1.807) is 0 Å². The number of hydrogen-bond donors (Lipinski definition) is 6. The Morgan fingerprint density at radius 1 is 0.324 bits per heavy atom. The van der Waals surface area contributed by atoms with E-state index in [1.807, 2.05) is 0 Å². The summed E-state index contributed by atoms with van der Waals surface area (Å²) < 4.78 is 0. The van der Waals surface area contributed by atoms with Gasteiger partial charge in [0.15, 0.2) is 0 Å². The highest BCUT2D eigenvalue weighted by Gasteiger charge is 1.92. The Kier molecular flexibility index (Phi) is 51.1. The lowest BCUT2D eigenvalue weighted by atomic mass is 10.1. The quantitative estimate of drug-likeness (QED) is 0.0856. The van der Waals surface area contributed by atoms with Crippen LogP contribution in [0.15, 0.2) is 0 Å². The van der Waals surface area contributed by atoms with Gasteiger partial charge in [-0.25, -0.2) is 0 Å². The van der Waals surface area contributed by atoms with E-state index in [1.165, 1.54) is 116 Å². The molecule has 0 saturated heterocycles. The molecular formula is C24H60O6P2S2.